The summed E-state index contributed by atoms with van der Waals surface area (Å²) in [5.41, 5.74) is 0. The van der Waals surface area contributed by atoms with Crippen molar-refractivity contribution in [2.24, 2.45) is 0 Å². The molecule has 1 nitrogen and oxygen atoms in total. The van der Waals surface area contributed by atoms with Crippen molar-refractivity contribution in [3.63, 3.8) is 0 Å². The summed E-state index contributed by atoms with van der Waals surface area (Å²) < 4.78 is 4.89. The van der Waals surface area contributed by atoms with Crippen LogP contribution in [0.2, 0.25) is 0 Å². The van der Waals surface area contributed by atoms with Crippen LogP contribution < -0.4 is 4.74 Å². The molecule has 0 aliphatic rings. The smallest absolute Gasteiger partial charge is 0.522 e. The molecular formula is C11H16OZn. The molecule has 0 amide bonds. The zero-order chi connectivity index (χ0) is 9.23. The maximum atomic E-state index is 4.89. The Hall–Kier alpha value is -0.357. The second-order valence-electron chi connectivity index (χ2n) is 2.29. The van der Waals surface area contributed by atoms with Crippen LogP contribution in [0.4, 0.5) is 0 Å². The Kier molecular flexibility index (Phi) is 13.6. The van der Waals surface area contributed by atoms with E-state index in [0.29, 0.717) is 0 Å². The van der Waals surface area contributed by atoms with Crippen molar-refractivity contribution < 1.29 is 24.2 Å². The third kappa shape index (κ3) is 9.56. The van der Waals surface area contributed by atoms with E-state index >= 15 is 0 Å². The summed E-state index contributed by atoms with van der Waals surface area (Å²) in [6, 6.07) is 10.2. The quantitative estimate of drug-likeness (QED) is 0.559. The first-order chi connectivity index (χ1) is 5.85. The van der Waals surface area contributed by atoms with Crippen LogP contribution in [0.3, 0.4) is 0 Å². The van der Waals surface area contributed by atoms with Crippen LogP contribution in [0.5, 0.6) is 5.75 Å². The second-order valence-corrected chi connectivity index (χ2v) is 2.29. The van der Waals surface area contributed by atoms with Crippen molar-refractivity contribution in [1.29, 1.82) is 0 Å². The van der Waals surface area contributed by atoms with Crippen molar-refractivity contribution in [3.8, 4) is 5.75 Å². The van der Waals surface area contributed by atoms with Crippen LogP contribution in [-0.4, -0.2) is 7.11 Å². The molecule has 0 unspecified atom stereocenters. The van der Waals surface area contributed by atoms with E-state index in [1.54, 1.807) is 7.11 Å². The number of rotatable bonds is 2. The molecule has 1 aromatic rings. The fraction of sp³-hybridized carbons (Fsp3) is 0.364. The maximum Gasteiger partial charge on any atom is 2.00 e. The summed E-state index contributed by atoms with van der Waals surface area (Å²) in [4.78, 5) is 0. The van der Waals surface area contributed by atoms with Crippen LogP contribution >= 0.6 is 0 Å². The molecule has 0 saturated carbocycles. The molecule has 0 aliphatic heterocycles. The first-order valence-corrected chi connectivity index (χ1v) is 4.14. The molecule has 0 heterocycles. The largest absolute Gasteiger partial charge is 2.00 e. The molecule has 2 heteroatoms. The van der Waals surface area contributed by atoms with Crippen LogP contribution in [0.1, 0.15) is 19.8 Å². The van der Waals surface area contributed by atoms with E-state index in [1.807, 2.05) is 24.3 Å². The molecule has 0 radical (unpaired) electrons. The van der Waals surface area contributed by atoms with Crippen molar-refractivity contribution in [2.45, 2.75) is 19.8 Å². The molecule has 1 rings (SSSR count). The Balaban J connectivity index is 0. The van der Waals surface area contributed by atoms with Gasteiger partial charge in [0.2, 0.25) is 0 Å². The van der Waals surface area contributed by atoms with Crippen LogP contribution in [0.15, 0.2) is 24.3 Å². The zero-order valence-electron chi connectivity index (χ0n) is 8.55. The van der Waals surface area contributed by atoms with E-state index < -0.39 is 0 Å². The number of hydrogen-bond donors (Lipinski definition) is 0. The minimum Gasteiger partial charge on any atom is -0.522 e. The van der Waals surface area contributed by atoms with Gasteiger partial charge < -0.3 is 11.7 Å². The molecule has 0 spiro atoms. The minimum atomic E-state index is 0. The Morgan fingerprint density at radius 1 is 1.38 bits per heavy atom. The van der Waals surface area contributed by atoms with Gasteiger partial charge in [-0.1, -0.05) is 13.3 Å². The zero-order valence-corrected chi connectivity index (χ0v) is 11.5. The molecule has 0 aliphatic carbocycles. The molecule has 68 valence electrons. The Bertz CT molecular complexity index is 173. The summed E-state index contributed by atoms with van der Waals surface area (Å²) in [6.07, 6.45) is 2.28. The van der Waals surface area contributed by atoms with E-state index in [9.17, 15) is 0 Å². The third-order valence-electron chi connectivity index (χ3n) is 1.28. The van der Waals surface area contributed by atoms with Crippen LogP contribution in [0.25, 0.3) is 0 Å². The van der Waals surface area contributed by atoms with Gasteiger partial charge in [0.05, 0.1) is 7.11 Å². The number of hydrogen-bond acceptors (Lipinski definition) is 1. The van der Waals surface area contributed by atoms with E-state index in [2.05, 4.69) is 19.9 Å². The second kappa shape index (κ2) is 11.6. The van der Waals surface area contributed by atoms with E-state index in [1.165, 1.54) is 6.42 Å². The topological polar surface area (TPSA) is 9.23 Å². The third-order valence-corrected chi connectivity index (χ3v) is 1.28. The molecule has 1 aromatic carbocycles. The average molecular weight is 230 g/mol. The first-order valence-electron chi connectivity index (χ1n) is 4.14. The SMILES string of the molecule is COc1cc[c-]cc1.[CH2-]CCC.[Zn+2]. The van der Waals surface area contributed by atoms with Gasteiger partial charge in [0.15, 0.2) is 0 Å². The van der Waals surface area contributed by atoms with E-state index in [4.69, 9.17) is 4.74 Å². The minimum absolute atomic E-state index is 0. The van der Waals surface area contributed by atoms with Gasteiger partial charge in [-0.05, 0) is 0 Å². The van der Waals surface area contributed by atoms with Gasteiger partial charge in [0.25, 0.3) is 0 Å². The number of methoxy groups -OCH3 is 1. The fourth-order valence-electron chi connectivity index (χ4n) is 0.508. The number of benzene rings is 1. The molecule has 0 atom stereocenters. The van der Waals surface area contributed by atoms with Gasteiger partial charge in [-0.15, -0.1) is 12.1 Å². The standard InChI is InChI=1S/C7H7O.C4H9.Zn/c1-8-7-5-3-2-4-6-7;1-3-4-2;/h3-6H,1H3;1,3-4H2,2H3;/q2*-1;+2. The van der Waals surface area contributed by atoms with Crippen molar-refractivity contribution in [2.75, 3.05) is 7.11 Å². The van der Waals surface area contributed by atoms with Crippen molar-refractivity contribution in [1.82, 2.24) is 0 Å². The number of unbranched alkanes of at least 4 members (excludes halogenated alkanes) is 1. The van der Waals surface area contributed by atoms with Crippen molar-refractivity contribution in [3.05, 3.63) is 37.3 Å². The van der Waals surface area contributed by atoms with Gasteiger partial charge in [0.1, 0.15) is 0 Å². The molecule has 13 heavy (non-hydrogen) atoms. The Morgan fingerprint density at radius 2 is 1.85 bits per heavy atom. The Morgan fingerprint density at radius 3 is 2.08 bits per heavy atom. The summed E-state index contributed by atoms with van der Waals surface area (Å²) >= 11 is 0. The maximum absolute atomic E-state index is 4.89. The molecule has 0 saturated heterocycles. The van der Waals surface area contributed by atoms with Gasteiger partial charge in [-0.2, -0.15) is 24.6 Å². The predicted molar refractivity (Wildman–Crippen MR) is 52.1 cm³/mol. The predicted octanol–water partition coefficient (Wildman–Crippen LogP) is 3.11. The van der Waals surface area contributed by atoms with E-state index in [-0.39, 0.29) is 19.5 Å². The molecule has 0 N–H and O–H groups in total. The monoisotopic (exact) mass is 228 g/mol. The van der Waals surface area contributed by atoms with Gasteiger partial charge in [-0.3, -0.25) is 0 Å². The summed E-state index contributed by atoms with van der Waals surface area (Å²) in [5.74, 6) is 0.878. The Labute approximate surface area is 94.3 Å². The summed E-state index contributed by atoms with van der Waals surface area (Å²) in [7, 11) is 1.65. The molecule has 0 bridgehead atoms. The van der Waals surface area contributed by atoms with Crippen LogP contribution in [-0.2, 0) is 19.5 Å². The average Bonchev–Trinajstić information content (AvgIpc) is 2.19. The van der Waals surface area contributed by atoms with E-state index in [0.717, 1.165) is 12.2 Å². The normalized spacial score (nSPS) is 7.62. The number of ether oxygens (including phenoxy) is 1. The first kappa shape index (κ1) is 15.1. The summed E-state index contributed by atoms with van der Waals surface area (Å²) in [6.45, 7) is 5.72. The summed E-state index contributed by atoms with van der Waals surface area (Å²) in [5, 5.41) is 0. The van der Waals surface area contributed by atoms with Gasteiger partial charge in [0, 0.05) is 5.75 Å². The van der Waals surface area contributed by atoms with Crippen LogP contribution in [0, 0.1) is 13.0 Å². The van der Waals surface area contributed by atoms with Gasteiger partial charge in [-0.25, -0.2) is 0 Å². The van der Waals surface area contributed by atoms with Crippen molar-refractivity contribution >= 4 is 0 Å². The molecular weight excluding hydrogens is 214 g/mol. The molecule has 0 fully saturated rings. The fourth-order valence-corrected chi connectivity index (χ4v) is 0.508. The molecule has 0 aromatic heterocycles. The van der Waals surface area contributed by atoms with Gasteiger partial charge >= 0.3 is 19.5 Å².